The molecular weight excluding hydrogens is 237 g/mol. The highest BCUT2D eigenvalue weighted by atomic mass is 19.1. The first kappa shape index (κ1) is 13.8. The Morgan fingerprint density at radius 2 is 1.79 bits per heavy atom. The van der Waals surface area contributed by atoms with E-state index in [1.807, 2.05) is 43.3 Å². The molecule has 0 aliphatic rings. The summed E-state index contributed by atoms with van der Waals surface area (Å²) >= 11 is 0. The van der Waals surface area contributed by atoms with Crippen LogP contribution in [0.15, 0.2) is 42.5 Å². The lowest BCUT2D eigenvalue weighted by atomic mass is 9.99. The van der Waals surface area contributed by atoms with Gasteiger partial charge in [-0.25, -0.2) is 4.39 Å². The van der Waals surface area contributed by atoms with E-state index in [2.05, 4.69) is 19.2 Å². The Morgan fingerprint density at radius 3 is 2.42 bits per heavy atom. The van der Waals surface area contributed by atoms with Gasteiger partial charge in [-0.3, -0.25) is 0 Å². The minimum Gasteiger partial charge on any atom is -0.310 e. The van der Waals surface area contributed by atoms with Crippen molar-refractivity contribution in [2.75, 3.05) is 6.54 Å². The van der Waals surface area contributed by atoms with Gasteiger partial charge in [-0.05, 0) is 43.7 Å². The topological polar surface area (TPSA) is 12.0 Å². The standard InChI is InChI=1S/C17H20FN/c1-4-19-13(3)15-9-10-17(18)16(11-15)14-7-5-12(2)6-8-14/h5-11,13,19H,4H2,1-3H3. The van der Waals surface area contributed by atoms with Crippen molar-refractivity contribution in [1.29, 1.82) is 0 Å². The maximum atomic E-state index is 14.0. The van der Waals surface area contributed by atoms with Crippen LogP contribution in [-0.4, -0.2) is 6.54 Å². The normalized spacial score (nSPS) is 12.4. The molecule has 1 nitrogen and oxygen atoms in total. The highest BCUT2D eigenvalue weighted by Gasteiger charge is 2.09. The van der Waals surface area contributed by atoms with Crippen LogP contribution in [0.4, 0.5) is 4.39 Å². The van der Waals surface area contributed by atoms with Crippen molar-refractivity contribution in [3.8, 4) is 11.1 Å². The van der Waals surface area contributed by atoms with Crippen LogP contribution in [0, 0.1) is 12.7 Å². The largest absolute Gasteiger partial charge is 0.310 e. The number of nitrogens with one attached hydrogen (secondary N) is 1. The van der Waals surface area contributed by atoms with E-state index in [0.717, 1.165) is 17.7 Å². The first-order valence-electron chi connectivity index (χ1n) is 6.71. The van der Waals surface area contributed by atoms with Gasteiger partial charge in [0.25, 0.3) is 0 Å². The van der Waals surface area contributed by atoms with Crippen LogP contribution in [0.2, 0.25) is 0 Å². The predicted molar refractivity (Wildman–Crippen MR) is 78.7 cm³/mol. The third-order valence-corrected chi connectivity index (χ3v) is 3.36. The van der Waals surface area contributed by atoms with Crippen molar-refractivity contribution >= 4 is 0 Å². The van der Waals surface area contributed by atoms with Crippen LogP contribution >= 0.6 is 0 Å². The Hall–Kier alpha value is -1.67. The second-order valence-electron chi connectivity index (χ2n) is 4.88. The fraction of sp³-hybridized carbons (Fsp3) is 0.294. The van der Waals surface area contributed by atoms with Crippen LogP contribution in [-0.2, 0) is 0 Å². The van der Waals surface area contributed by atoms with E-state index in [0.29, 0.717) is 5.56 Å². The smallest absolute Gasteiger partial charge is 0.131 e. The highest BCUT2D eigenvalue weighted by Crippen LogP contribution is 2.26. The Morgan fingerprint density at radius 1 is 1.11 bits per heavy atom. The van der Waals surface area contributed by atoms with Gasteiger partial charge < -0.3 is 5.32 Å². The summed E-state index contributed by atoms with van der Waals surface area (Å²) in [6.45, 7) is 7.10. The van der Waals surface area contributed by atoms with E-state index >= 15 is 0 Å². The first-order valence-corrected chi connectivity index (χ1v) is 6.71. The number of aryl methyl sites for hydroxylation is 1. The van der Waals surface area contributed by atoms with Crippen LogP contribution in [0.1, 0.15) is 31.0 Å². The summed E-state index contributed by atoms with van der Waals surface area (Å²) in [7, 11) is 0. The number of rotatable bonds is 4. The lowest BCUT2D eigenvalue weighted by Gasteiger charge is -2.14. The molecular formula is C17H20FN. The molecule has 2 aromatic carbocycles. The van der Waals surface area contributed by atoms with Gasteiger partial charge in [-0.15, -0.1) is 0 Å². The molecule has 0 aliphatic carbocycles. The van der Waals surface area contributed by atoms with Crippen molar-refractivity contribution in [2.45, 2.75) is 26.8 Å². The average molecular weight is 257 g/mol. The predicted octanol–water partition coefficient (Wildman–Crippen LogP) is 4.47. The molecule has 0 spiro atoms. The summed E-state index contributed by atoms with van der Waals surface area (Å²) in [5, 5.41) is 3.35. The van der Waals surface area contributed by atoms with Crippen molar-refractivity contribution < 1.29 is 4.39 Å². The van der Waals surface area contributed by atoms with E-state index in [9.17, 15) is 4.39 Å². The number of halogens is 1. The monoisotopic (exact) mass is 257 g/mol. The number of hydrogen-bond acceptors (Lipinski definition) is 1. The van der Waals surface area contributed by atoms with Gasteiger partial charge in [0.05, 0.1) is 0 Å². The number of benzene rings is 2. The zero-order valence-electron chi connectivity index (χ0n) is 11.7. The summed E-state index contributed by atoms with van der Waals surface area (Å²) in [6.07, 6.45) is 0. The molecule has 1 atom stereocenters. The zero-order valence-corrected chi connectivity index (χ0v) is 11.7. The molecule has 0 amide bonds. The maximum absolute atomic E-state index is 14.0. The van der Waals surface area contributed by atoms with Crippen molar-refractivity contribution in [2.24, 2.45) is 0 Å². The molecule has 2 aromatic rings. The van der Waals surface area contributed by atoms with E-state index in [4.69, 9.17) is 0 Å². The van der Waals surface area contributed by atoms with E-state index < -0.39 is 0 Å². The van der Waals surface area contributed by atoms with Crippen molar-refractivity contribution in [3.05, 3.63) is 59.4 Å². The lowest BCUT2D eigenvalue weighted by molar-refractivity contribution is 0.593. The van der Waals surface area contributed by atoms with Crippen LogP contribution in [0.5, 0.6) is 0 Å². The molecule has 0 fully saturated rings. The van der Waals surface area contributed by atoms with Gasteiger partial charge >= 0.3 is 0 Å². The Labute approximate surface area is 114 Å². The maximum Gasteiger partial charge on any atom is 0.131 e. The molecule has 0 aromatic heterocycles. The highest BCUT2D eigenvalue weighted by molar-refractivity contribution is 5.65. The molecule has 1 unspecified atom stereocenters. The average Bonchev–Trinajstić information content (AvgIpc) is 2.41. The minimum absolute atomic E-state index is 0.170. The number of hydrogen-bond donors (Lipinski definition) is 1. The summed E-state index contributed by atoms with van der Waals surface area (Å²) in [5.74, 6) is -0.170. The Bertz CT molecular complexity index is 546. The second-order valence-corrected chi connectivity index (χ2v) is 4.88. The Kier molecular flexibility index (Phi) is 4.33. The Balaban J connectivity index is 2.39. The van der Waals surface area contributed by atoms with Gasteiger partial charge in [-0.1, -0.05) is 42.8 Å². The molecule has 2 heteroatoms. The molecule has 0 saturated heterocycles. The first-order chi connectivity index (χ1) is 9.11. The lowest BCUT2D eigenvalue weighted by Crippen LogP contribution is -2.17. The molecule has 1 N–H and O–H groups in total. The van der Waals surface area contributed by atoms with E-state index in [-0.39, 0.29) is 11.9 Å². The van der Waals surface area contributed by atoms with Gasteiger partial charge in [0.1, 0.15) is 5.82 Å². The molecule has 0 heterocycles. The molecule has 0 aliphatic heterocycles. The van der Waals surface area contributed by atoms with Gasteiger partial charge in [0, 0.05) is 11.6 Å². The molecule has 0 saturated carbocycles. The molecule has 19 heavy (non-hydrogen) atoms. The fourth-order valence-corrected chi connectivity index (χ4v) is 2.19. The second kappa shape index (κ2) is 5.98. The SMILES string of the molecule is CCNC(C)c1ccc(F)c(-c2ccc(C)cc2)c1. The summed E-state index contributed by atoms with van der Waals surface area (Å²) in [4.78, 5) is 0. The summed E-state index contributed by atoms with van der Waals surface area (Å²) in [6, 6.07) is 13.5. The summed E-state index contributed by atoms with van der Waals surface area (Å²) in [5.41, 5.74) is 3.89. The quantitative estimate of drug-likeness (QED) is 0.852. The van der Waals surface area contributed by atoms with Crippen LogP contribution in [0.25, 0.3) is 11.1 Å². The van der Waals surface area contributed by atoms with E-state index in [1.165, 1.54) is 5.56 Å². The third-order valence-electron chi connectivity index (χ3n) is 3.36. The van der Waals surface area contributed by atoms with Gasteiger partial charge in [-0.2, -0.15) is 0 Å². The zero-order chi connectivity index (χ0) is 13.8. The van der Waals surface area contributed by atoms with Gasteiger partial charge in [0.15, 0.2) is 0 Å². The molecule has 0 bridgehead atoms. The minimum atomic E-state index is -0.170. The summed E-state index contributed by atoms with van der Waals surface area (Å²) < 4.78 is 14.0. The third kappa shape index (κ3) is 3.21. The van der Waals surface area contributed by atoms with Gasteiger partial charge in [0.2, 0.25) is 0 Å². The molecule has 0 radical (unpaired) electrons. The van der Waals surface area contributed by atoms with Crippen molar-refractivity contribution in [3.63, 3.8) is 0 Å². The molecule has 100 valence electrons. The van der Waals surface area contributed by atoms with E-state index in [1.54, 1.807) is 6.07 Å². The van der Waals surface area contributed by atoms with Crippen molar-refractivity contribution in [1.82, 2.24) is 5.32 Å². The molecule has 2 rings (SSSR count). The van der Waals surface area contributed by atoms with Crippen LogP contribution in [0.3, 0.4) is 0 Å². The van der Waals surface area contributed by atoms with Crippen LogP contribution < -0.4 is 5.32 Å². The fourth-order valence-electron chi connectivity index (χ4n) is 2.19.